The minimum absolute atomic E-state index is 0.510. The fourth-order valence-electron chi connectivity index (χ4n) is 2.06. The highest BCUT2D eigenvalue weighted by Crippen LogP contribution is 2.04. The molecule has 0 amide bonds. The number of aromatic nitrogens is 4. The van der Waals surface area contributed by atoms with Crippen LogP contribution in [-0.4, -0.2) is 43.8 Å². The molecule has 0 aliphatic rings. The predicted molar refractivity (Wildman–Crippen MR) is 82.7 cm³/mol. The van der Waals surface area contributed by atoms with Crippen LogP contribution in [0.3, 0.4) is 0 Å². The number of hydrogen-bond acceptors (Lipinski definition) is 3. The van der Waals surface area contributed by atoms with Gasteiger partial charge in [0, 0.05) is 39.6 Å². The zero-order valence-corrected chi connectivity index (χ0v) is 13.1. The monoisotopic (exact) mass is 289 g/mol. The summed E-state index contributed by atoms with van der Waals surface area (Å²) in [6.07, 6.45) is 3.60. The van der Waals surface area contributed by atoms with E-state index >= 15 is 0 Å². The first-order valence-electron chi connectivity index (χ1n) is 7.04. The Kier molecular flexibility index (Phi) is 4.97. The van der Waals surface area contributed by atoms with Gasteiger partial charge in [0.15, 0.2) is 5.96 Å². The molecule has 2 aromatic heterocycles. The van der Waals surface area contributed by atoms with Crippen molar-refractivity contribution >= 4 is 5.96 Å². The molecule has 0 atom stereocenters. The van der Waals surface area contributed by atoms with Crippen molar-refractivity contribution in [3.05, 3.63) is 36.2 Å². The summed E-state index contributed by atoms with van der Waals surface area (Å²) >= 11 is 0. The molecule has 7 heteroatoms. The quantitative estimate of drug-likeness (QED) is 0.652. The van der Waals surface area contributed by atoms with E-state index in [9.17, 15) is 0 Å². The van der Waals surface area contributed by atoms with Gasteiger partial charge in [-0.3, -0.25) is 4.68 Å². The zero-order valence-electron chi connectivity index (χ0n) is 13.1. The van der Waals surface area contributed by atoms with E-state index in [2.05, 4.69) is 42.8 Å². The van der Waals surface area contributed by atoms with Gasteiger partial charge in [-0.1, -0.05) is 0 Å². The molecule has 0 saturated carbocycles. The lowest BCUT2D eigenvalue weighted by Crippen LogP contribution is -2.38. The maximum absolute atomic E-state index is 4.63. The summed E-state index contributed by atoms with van der Waals surface area (Å²) in [4.78, 5) is 10.9. The van der Waals surface area contributed by atoms with E-state index in [1.165, 1.54) is 5.69 Å². The van der Waals surface area contributed by atoms with Crippen LogP contribution in [0.5, 0.6) is 0 Å². The van der Waals surface area contributed by atoms with E-state index in [1.54, 1.807) is 11.0 Å². The lowest BCUT2D eigenvalue weighted by atomic mass is 10.4. The topological polar surface area (TPSA) is 63.3 Å². The number of rotatable bonds is 5. The van der Waals surface area contributed by atoms with Crippen molar-refractivity contribution in [3.63, 3.8) is 0 Å². The van der Waals surface area contributed by atoms with Gasteiger partial charge in [0.1, 0.15) is 18.7 Å². The minimum Gasteiger partial charge on any atom is -0.357 e. The maximum atomic E-state index is 4.63. The molecule has 0 bridgehead atoms. The number of nitrogens with zero attached hydrogens (tertiary/aromatic N) is 6. The second kappa shape index (κ2) is 6.92. The van der Waals surface area contributed by atoms with Crippen molar-refractivity contribution in [2.45, 2.75) is 20.0 Å². The predicted octanol–water partition coefficient (Wildman–Crippen LogP) is 0.751. The van der Waals surface area contributed by atoms with Crippen LogP contribution in [0.15, 0.2) is 29.6 Å². The van der Waals surface area contributed by atoms with Crippen LogP contribution in [-0.2, 0) is 27.2 Å². The number of aryl methyl sites for hydroxylation is 2. The Bertz CT molecular complexity index is 596. The van der Waals surface area contributed by atoms with Gasteiger partial charge in [-0.05, 0) is 19.1 Å². The van der Waals surface area contributed by atoms with Gasteiger partial charge in [0.2, 0.25) is 0 Å². The summed E-state index contributed by atoms with van der Waals surface area (Å²) in [5, 5.41) is 7.36. The number of hydrogen-bond donors (Lipinski definition) is 1. The van der Waals surface area contributed by atoms with Crippen molar-refractivity contribution in [2.24, 2.45) is 19.1 Å². The van der Waals surface area contributed by atoms with Crippen molar-refractivity contribution in [3.8, 4) is 0 Å². The van der Waals surface area contributed by atoms with Gasteiger partial charge in [-0.15, -0.1) is 0 Å². The van der Waals surface area contributed by atoms with Gasteiger partial charge < -0.3 is 14.8 Å². The fraction of sp³-hybridized carbons (Fsp3) is 0.500. The lowest BCUT2D eigenvalue weighted by molar-refractivity contribution is 0.461. The van der Waals surface area contributed by atoms with Gasteiger partial charge in [-0.25, -0.2) is 9.98 Å². The number of nitrogens with one attached hydrogen (secondary N) is 1. The van der Waals surface area contributed by atoms with Gasteiger partial charge >= 0.3 is 0 Å². The van der Waals surface area contributed by atoms with E-state index in [0.717, 1.165) is 24.9 Å². The Balaban J connectivity index is 2.06. The van der Waals surface area contributed by atoms with Crippen LogP contribution in [0, 0.1) is 0 Å². The fourth-order valence-corrected chi connectivity index (χ4v) is 2.06. The van der Waals surface area contributed by atoms with Crippen molar-refractivity contribution < 1.29 is 0 Å². The Morgan fingerprint density at radius 3 is 2.81 bits per heavy atom. The zero-order chi connectivity index (χ0) is 15.2. The molecule has 21 heavy (non-hydrogen) atoms. The summed E-state index contributed by atoms with van der Waals surface area (Å²) in [7, 11) is 5.95. The average Bonchev–Trinajstić information content (AvgIpc) is 3.04. The third-order valence-corrected chi connectivity index (χ3v) is 3.32. The van der Waals surface area contributed by atoms with Crippen LogP contribution >= 0.6 is 0 Å². The highest BCUT2D eigenvalue weighted by atomic mass is 15.3. The molecule has 0 radical (unpaired) electrons. The Morgan fingerprint density at radius 1 is 1.43 bits per heavy atom. The third kappa shape index (κ3) is 3.84. The average molecular weight is 289 g/mol. The van der Waals surface area contributed by atoms with Crippen LogP contribution in [0.4, 0.5) is 0 Å². The van der Waals surface area contributed by atoms with Gasteiger partial charge in [0.05, 0.1) is 6.54 Å². The summed E-state index contributed by atoms with van der Waals surface area (Å²) in [6, 6.07) is 4.16. The standard InChI is InChI=1S/C14H23N7/c1-5-15-14(16-9-13-17-11-18-21(13)4)20(3)10-12-7-6-8-19(12)2/h6-8,11H,5,9-10H2,1-4H3,(H,15,16). The lowest BCUT2D eigenvalue weighted by Gasteiger charge is -2.22. The molecule has 0 aliphatic carbocycles. The van der Waals surface area contributed by atoms with E-state index < -0.39 is 0 Å². The molecule has 0 fully saturated rings. The van der Waals surface area contributed by atoms with Crippen molar-refractivity contribution in [2.75, 3.05) is 13.6 Å². The summed E-state index contributed by atoms with van der Waals surface area (Å²) < 4.78 is 3.85. The Labute approximate surface area is 125 Å². The molecule has 2 aromatic rings. The van der Waals surface area contributed by atoms with E-state index in [-0.39, 0.29) is 0 Å². The molecule has 2 heterocycles. The first kappa shape index (κ1) is 15.1. The van der Waals surface area contributed by atoms with Crippen molar-refractivity contribution in [1.82, 2.24) is 29.5 Å². The van der Waals surface area contributed by atoms with E-state index in [4.69, 9.17) is 0 Å². The molecular formula is C14H23N7. The van der Waals surface area contributed by atoms with Gasteiger partial charge in [-0.2, -0.15) is 5.10 Å². The second-order valence-electron chi connectivity index (χ2n) is 4.94. The molecule has 0 unspecified atom stereocenters. The first-order chi connectivity index (χ1) is 10.1. The highest BCUT2D eigenvalue weighted by molar-refractivity contribution is 5.79. The molecule has 114 valence electrons. The van der Waals surface area contributed by atoms with E-state index in [0.29, 0.717) is 6.54 Å². The molecule has 0 aromatic carbocycles. The largest absolute Gasteiger partial charge is 0.357 e. The van der Waals surface area contributed by atoms with Crippen LogP contribution in [0.1, 0.15) is 18.4 Å². The molecule has 2 rings (SSSR count). The summed E-state index contributed by atoms with van der Waals surface area (Å²) in [6.45, 7) is 4.20. The smallest absolute Gasteiger partial charge is 0.194 e. The SMILES string of the molecule is CCNC(=NCc1ncnn1C)N(C)Cc1cccn1C. The third-order valence-electron chi connectivity index (χ3n) is 3.32. The second-order valence-corrected chi connectivity index (χ2v) is 4.94. The van der Waals surface area contributed by atoms with Crippen LogP contribution in [0.25, 0.3) is 0 Å². The molecule has 1 N–H and O–H groups in total. The Morgan fingerprint density at radius 2 is 2.24 bits per heavy atom. The summed E-state index contributed by atoms with van der Waals surface area (Å²) in [5.74, 6) is 1.71. The Hall–Kier alpha value is -2.31. The molecule has 0 aliphatic heterocycles. The van der Waals surface area contributed by atoms with E-state index in [1.807, 2.05) is 33.4 Å². The normalized spacial score (nSPS) is 11.7. The number of guanidine groups is 1. The molecule has 0 saturated heterocycles. The van der Waals surface area contributed by atoms with Crippen molar-refractivity contribution in [1.29, 1.82) is 0 Å². The maximum Gasteiger partial charge on any atom is 0.194 e. The summed E-state index contributed by atoms with van der Waals surface area (Å²) in [5.41, 5.74) is 1.24. The first-order valence-corrected chi connectivity index (χ1v) is 7.04. The molecule has 0 spiro atoms. The minimum atomic E-state index is 0.510. The van der Waals surface area contributed by atoms with Gasteiger partial charge in [0.25, 0.3) is 0 Å². The van der Waals surface area contributed by atoms with Crippen LogP contribution < -0.4 is 5.32 Å². The number of aliphatic imine (C=N–C) groups is 1. The highest BCUT2D eigenvalue weighted by Gasteiger charge is 2.09. The molecule has 7 nitrogen and oxygen atoms in total. The van der Waals surface area contributed by atoms with Crippen LogP contribution in [0.2, 0.25) is 0 Å². The molecular weight excluding hydrogens is 266 g/mol.